The van der Waals surface area contributed by atoms with E-state index in [1.54, 1.807) is 0 Å². The number of nitrogens with zero attached hydrogens (tertiary/aromatic N) is 1. The molecule has 0 radical (unpaired) electrons. The third kappa shape index (κ3) is 3.35. The molecule has 106 valence electrons. The zero-order chi connectivity index (χ0) is 15.0. The number of H-pyrrole nitrogens is 1. The summed E-state index contributed by atoms with van der Waals surface area (Å²) in [5, 5.41) is 10.4. The van der Waals surface area contributed by atoms with Crippen LogP contribution in [-0.4, -0.2) is 16.3 Å². The van der Waals surface area contributed by atoms with Crippen LogP contribution < -0.4 is 10.3 Å². The molecule has 0 aliphatic heterocycles. The van der Waals surface area contributed by atoms with Crippen LogP contribution in [0.4, 0.5) is 32.0 Å². The summed E-state index contributed by atoms with van der Waals surface area (Å²) in [5.74, 6) is -1.91. The summed E-state index contributed by atoms with van der Waals surface area (Å²) in [5.41, 5.74) is -6.28. The van der Waals surface area contributed by atoms with E-state index in [1.807, 2.05) is 0 Å². The molecule has 0 atom stereocenters. The first-order valence-corrected chi connectivity index (χ1v) is 4.16. The van der Waals surface area contributed by atoms with E-state index in [0.717, 1.165) is 0 Å². The molecular weight excluding hydrogens is 290 g/mol. The predicted molar refractivity (Wildman–Crippen MR) is 45.4 cm³/mol. The maximum atomic E-state index is 12.5. The van der Waals surface area contributed by atoms with Crippen LogP contribution in [-0.2, 0) is 6.18 Å². The number of rotatable bonds is 2. The van der Waals surface area contributed by atoms with E-state index in [2.05, 4.69) is 4.74 Å². The topological polar surface area (TPSA) is 85.2 Å². The minimum atomic E-state index is -5.57. The summed E-state index contributed by atoms with van der Waals surface area (Å²) in [7, 11) is 0. The number of aromatic nitrogens is 1. The van der Waals surface area contributed by atoms with E-state index < -0.39 is 40.0 Å². The van der Waals surface area contributed by atoms with E-state index in [9.17, 15) is 41.3 Å². The molecule has 1 N–H and O–H groups in total. The molecule has 0 saturated heterocycles. The second kappa shape index (κ2) is 4.44. The number of halogens is 6. The van der Waals surface area contributed by atoms with Crippen LogP contribution in [0.5, 0.6) is 5.75 Å². The van der Waals surface area contributed by atoms with Gasteiger partial charge in [-0.2, -0.15) is 13.2 Å². The lowest BCUT2D eigenvalue weighted by atomic mass is 10.2. The van der Waals surface area contributed by atoms with Crippen molar-refractivity contribution in [2.24, 2.45) is 0 Å². The van der Waals surface area contributed by atoms with Crippen LogP contribution >= 0.6 is 0 Å². The molecule has 1 heterocycles. The summed E-state index contributed by atoms with van der Waals surface area (Å²) < 4.78 is 76.2. The maximum absolute atomic E-state index is 12.5. The second-order valence-corrected chi connectivity index (χ2v) is 3.01. The smallest absolute Gasteiger partial charge is 0.403 e. The quantitative estimate of drug-likeness (QED) is 0.514. The first kappa shape index (κ1) is 14.8. The Morgan fingerprint density at radius 3 is 2.11 bits per heavy atom. The number of nitrogens with one attached hydrogen (secondary N) is 1. The van der Waals surface area contributed by atoms with Gasteiger partial charge in [0.2, 0.25) is 0 Å². The van der Waals surface area contributed by atoms with Crippen LogP contribution in [0.1, 0.15) is 5.56 Å². The lowest BCUT2D eigenvalue weighted by Gasteiger charge is -2.14. The van der Waals surface area contributed by atoms with Gasteiger partial charge in [0.25, 0.3) is 0 Å². The van der Waals surface area contributed by atoms with Gasteiger partial charge >= 0.3 is 23.8 Å². The molecule has 0 saturated carbocycles. The lowest BCUT2D eigenvalue weighted by molar-refractivity contribution is -0.389. The van der Waals surface area contributed by atoms with Gasteiger partial charge in [-0.25, -0.2) is 0 Å². The van der Waals surface area contributed by atoms with Gasteiger partial charge in [-0.1, -0.05) is 0 Å². The standard InChI is InChI=1S/C7H2F6N2O4/c8-6(9,10)3-2(19-7(11,12)13)1-14-5(16)4(3)15(17)18/h1H,(H,14,16). The summed E-state index contributed by atoms with van der Waals surface area (Å²) in [6.45, 7) is 0. The third-order valence-corrected chi connectivity index (χ3v) is 1.72. The molecule has 0 aromatic carbocycles. The summed E-state index contributed by atoms with van der Waals surface area (Å²) in [6.07, 6.45) is -11.1. The summed E-state index contributed by atoms with van der Waals surface area (Å²) in [6, 6.07) is 0. The van der Waals surface area contributed by atoms with Crippen LogP contribution in [0.3, 0.4) is 0 Å². The highest BCUT2D eigenvalue weighted by Crippen LogP contribution is 2.41. The zero-order valence-electron chi connectivity index (χ0n) is 8.43. The highest BCUT2D eigenvalue weighted by atomic mass is 19.4. The average molecular weight is 292 g/mol. The molecule has 1 rings (SSSR count). The van der Waals surface area contributed by atoms with Crippen molar-refractivity contribution >= 4 is 5.69 Å². The Bertz CT molecular complexity index is 560. The SMILES string of the molecule is O=c1[nH]cc(OC(F)(F)F)c(C(F)(F)F)c1[N+](=O)[O-]. The molecule has 0 fully saturated rings. The molecule has 6 nitrogen and oxygen atoms in total. The molecule has 1 aromatic heterocycles. The predicted octanol–water partition coefficient (Wildman–Crippen LogP) is 2.20. The number of ether oxygens (including phenoxy) is 1. The Hall–Kier alpha value is -2.27. The number of aromatic amines is 1. The molecule has 0 bridgehead atoms. The van der Waals surface area contributed by atoms with Crippen molar-refractivity contribution in [3.63, 3.8) is 0 Å². The number of hydrogen-bond donors (Lipinski definition) is 1. The van der Waals surface area contributed by atoms with Crippen molar-refractivity contribution < 1.29 is 36.0 Å². The van der Waals surface area contributed by atoms with Gasteiger partial charge in [-0.05, 0) is 0 Å². The summed E-state index contributed by atoms with van der Waals surface area (Å²) >= 11 is 0. The molecule has 1 aromatic rings. The van der Waals surface area contributed by atoms with Crippen molar-refractivity contribution in [2.75, 3.05) is 0 Å². The van der Waals surface area contributed by atoms with E-state index in [-0.39, 0.29) is 6.20 Å². The highest BCUT2D eigenvalue weighted by molar-refractivity contribution is 5.48. The van der Waals surface area contributed by atoms with Gasteiger partial charge in [-0.3, -0.25) is 14.9 Å². The molecular formula is C7H2F6N2O4. The molecule has 0 unspecified atom stereocenters. The van der Waals surface area contributed by atoms with Gasteiger partial charge in [0.05, 0.1) is 4.92 Å². The van der Waals surface area contributed by atoms with Gasteiger partial charge < -0.3 is 9.72 Å². The monoisotopic (exact) mass is 292 g/mol. The molecule has 0 aliphatic rings. The minimum absolute atomic E-state index is 0.0500. The molecule has 12 heteroatoms. The number of nitro groups is 1. The van der Waals surface area contributed by atoms with Gasteiger partial charge in [-0.15, -0.1) is 13.2 Å². The van der Waals surface area contributed by atoms with Crippen LogP contribution in [0.15, 0.2) is 11.0 Å². The van der Waals surface area contributed by atoms with E-state index in [4.69, 9.17) is 0 Å². The van der Waals surface area contributed by atoms with Crippen LogP contribution in [0, 0.1) is 10.1 Å². The Morgan fingerprint density at radius 1 is 1.21 bits per heavy atom. The average Bonchev–Trinajstić information content (AvgIpc) is 2.15. The largest absolute Gasteiger partial charge is 0.573 e. The van der Waals surface area contributed by atoms with Crippen molar-refractivity contribution in [1.82, 2.24) is 4.98 Å². The second-order valence-electron chi connectivity index (χ2n) is 3.01. The Balaban J connectivity index is 3.62. The number of alkyl halides is 6. The van der Waals surface area contributed by atoms with E-state index >= 15 is 0 Å². The number of pyridine rings is 1. The van der Waals surface area contributed by atoms with Gasteiger partial charge in [0.1, 0.15) is 0 Å². The van der Waals surface area contributed by atoms with Crippen LogP contribution in [0.25, 0.3) is 0 Å². The van der Waals surface area contributed by atoms with E-state index in [1.165, 1.54) is 4.98 Å². The summed E-state index contributed by atoms with van der Waals surface area (Å²) in [4.78, 5) is 20.9. The van der Waals surface area contributed by atoms with Crippen molar-refractivity contribution in [3.8, 4) is 5.75 Å². The first-order chi connectivity index (χ1) is 8.43. The van der Waals surface area contributed by atoms with Gasteiger partial charge in [0, 0.05) is 6.20 Å². The Labute approximate surface area is 98.3 Å². The zero-order valence-corrected chi connectivity index (χ0v) is 8.43. The number of hydrogen-bond acceptors (Lipinski definition) is 4. The van der Waals surface area contributed by atoms with Crippen LogP contribution in [0.2, 0.25) is 0 Å². The fourth-order valence-electron chi connectivity index (χ4n) is 1.16. The molecule has 0 spiro atoms. The minimum Gasteiger partial charge on any atom is -0.403 e. The van der Waals surface area contributed by atoms with Crippen molar-refractivity contribution in [3.05, 3.63) is 32.2 Å². The molecule has 19 heavy (non-hydrogen) atoms. The van der Waals surface area contributed by atoms with Crippen molar-refractivity contribution in [1.29, 1.82) is 0 Å². The van der Waals surface area contributed by atoms with E-state index in [0.29, 0.717) is 0 Å². The molecule has 0 amide bonds. The van der Waals surface area contributed by atoms with Gasteiger partial charge in [0.15, 0.2) is 11.3 Å². The van der Waals surface area contributed by atoms with Crippen molar-refractivity contribution in [2.45, 2.75) is 12.5 Å². The lowest BCUT2D eigenvalue weighted by Crippen LogP contribution is -2.24. The Kier molecular flexibility index (Phi) is 3.45. The molecule has 0 aliphatic carbocycles. The fraction of sp³-hybridized carbons (Fsp3) is 0.286. The maximum Gasteiger partial charge on any atom is 0.573 e. The third-order valence-electron chi connectivity index (χ3n) is 1.72. The Morgan fingerprint density at radius 2 is 1.74 bits per heavy atom. The normalized spacial score (nSPS) is 12.3. The fourth-order valence-corrected chi connectivity index (χ4v) is 1.16. The highest BCUT2D eigenvalue weighted by Gasteiger charge is 2.46. The first-order valence-electron chi connectivity index (χ1n) is 4.16.